The molecule has 0 unspecified atom stereocenters. The number of fused-ring (bicyclic) bond motifs is 1. The number of halogens is 1. The molecule has 1 fully saturated rings. The largest absolute Gasteiger partial charge is 0.383 e. The highest BCUT2D eigenvalue weighted by molar-refractivity contribution is 7.18. The molecule has 8 nitrogen and oxygen atoms in total. The third-order valence-electron chi connectivity index (χ3n) is 4.50. The smallest absolute Gasteiger partial charge is 0.332 e. The second kappa shape index (κ2) is 7.58. The molecule has 0 atom stereocenters. The van der Waals surface area contributed by atoms with Crippen LogP contribution in [0.3, 0.4) is 0 Å². The number of carbonyl (C=O) groups excluding carboxylic acids is 1. The Labute approximate surface area is 152 Å². The number of hydrogen-bond acceptors (Lipinski definition) is 5. The van der Waals surface area contributed by atoms with Crippen molar-refractivity contribution in [3.63, 3.8) is 0 Å². The van der Waals surface area contributed by atoms with Gasteiger partial charge in [-0.1, -0.05) is 0 Å². The second-order valence-electron chi connectivity index (χ2n) is 6.06. The van der Waals surface area contributed by atoms with Gasteiger partial charge in [0.05, 0.1) is 31.6 Å². The maximum atomic E-state index is 12.9. The zero-order valence-corrected chi connectivity index (χ0v) is 15.5. The van der Waals surface area contributed by atoms with Crippen molar-refractivity contribution in [3.05, 3.63) is 31.3 Å². The van der Waals surface area contributed by atoms with Crippen molar-refractivity contribution in [1.29, 1.82) is 0 Å². The molecule has 0 radical (unpaired) electrons. The van der Waals surface area contributed by atoms with Crippen molar-refractivity contribution < 1.29 is 13.9 Å². The fraction of sp³-hybridized carbons (Fsp3) is 0.562. The first-order valence-electron chi connectivity index (χ1n) is 8.32. The Morgan fingerprint density at radius 2 is 2.00 bits per heavy atom. The summed E-state index contributed by atoms with van der Waals surface area (Å²) in [6.45, 7) is 2.84. The minimum atomic E-state index is -0.797. The van der Waals surface area contributed by atoms with E-state index in [1.165, 1.54) is 23.0 Å². The number of thiophene rings is 1. The molecule has 26 heavy (non-hydrogen) atoms. The summed E-state index contributed by atoms with van der Waals surface area (Å²) in [4.78, 5) is 40.3. The molecular formula is C16H21FN4O4S. The van der Waals surface area contributed by atoms with Crippen LogP contribution in [0.2, 0.25) is 0 Å². The van der Waals surface area contributed by atoms with Crippen molar-refractivity contribution in [1.82, 2.24) is 19.4 Å². The lowest BCUT2D eigenvalue weighted by molar-refractivity contribution is 0.186. The molecule has 1 aliphatic heterocycles. The van der Waals surface area contributed by atoms with Crippen molar-refractivity contribution in [2.24, 2.45) is 0 Å². The molecular weight excluding hydrogens is 363 g/mol. The summed E-state index contributed by atoms with van der Waals surface area (Å²) in [6, 6.07) is -0.145. The number of hydrogen-bond donors (Lipinski definition) is 1. The summed E-state index contributed by atoms with van der Waals surface area (Å²) in [5, 5.41) is 3.15. The molecule has 10 heteroatoms. The van der Waals surface area contributed by atoms with Crippen LogP contribution in [-0.2, 0) is 24.4 Å². The first-order valence-corrected chi connectivity index (χ1v) is 9.14. The highest BCUT2D eigenvalue weighted by atomic mass is 32.1. The zero-order valence-electron chi connectivity index (χ0n) is 14.7. The third-order valence-corrected chi connectivity index (χ3v) is 5.80. The first-order chi connectivity index (χ1) is 12.5. The van der Waals surface area contributed by atoms with Crippen LogP contribution in [0.15, 0.2) is 9.59 Å². The van der Waals surface area contributed by atoms with Crippen LogP contribution in [0.5, 0.6) is 0 Å². The monoisotopic (exact) mass is 384 g/mol. The molecule has 1 aliphatic rings. The molecule has 142 valence electrons. The number of alkyl halides is 1. The van der Waals surface area contributed by atoms with Gasteiger partial charge in [0.15, 0.2) is 0 Å². The van der Waals surface area contributed by atoms with Gasteiger partial charge in [-0.05, 0) is 12.5 Å². The highest BCUT2D eigenvalue weighted by Gasteiger charge is 2.24. The van der Waals surface area contributed by atoms with E-state index in [4.69, 9.17) is 4.74 Å². The predicted molar refractivity (Wildman–Crippen MR) is 96.7 cm³/mol. The lowest BCUT2D eigenvalue weighted by Gasteiger charge is -2.12. The fourth-order valence-electron chi connectivity index (χ4n) is 3.09. The number of carbonyl (C=O) groups is 1. The van der Waals surface area contributed by atoms with Crippen molar-refractivity contribution in [2.75, 3.05) is 33.5 Å². The van der Waals surface area contributed by atoms with Gasteiger partial charge in [0.2, 0.25) is 0 Å². The summed E-state index contributed by atoms with van der Waals surface area (Å²) >= 11 is 1.32. The Morgan fingerprint density at radius 3 is 2.62 bits per heavy atom. The molecule has 0 aliphatic carbocycles. The normalized spacial score (nSPS) is 14.4. The lowest BCUT2D eigenvalue weighted by Crippen LogP contribution is -2.40. The Balaban J connectivity index is 2.17. The predicted octanol–water partition coefficient (Wildman–Crippen LogP) is 0.674. The van der Waals surface area contributed by atoms with E-state index in [9.17, 15) is 18.8 Å². The Bertz CT molecular complexity index is 948. The highest BCUT2D eigenvalue weighted by Crippen LogP contribution is 2.29. The Hall–Kier alpha value is -2.20. The number of aromatic nitrogens is 2. The van der Waals surface area contributed by atoms with Crippen molar-refractivity contribution in [2.45, 2.75) is 26.6 Å². The average Bonchev–Trinajstić information content (AvgIpc) is 3.16. The number of amides is 2. The van der Waals surface area contributed by atoms with Crippen LogP contribution >= 0.6 is 11.3 Å². The number of methoxy groups -OCH3 is 1. The molecule has 0 aromatic carbocycles. The number of aryl methyl sites for hydroxylation is 1. The minimum absolute atomic E-state index is 0.145. The molecule has 3 rings (SSSR count). The third kappa shape index (κ3) is 3.14. The van der Waals surface area contributed by atoms with Gasteiger partial charge >= 0.3 is 11.7 Å². The van der Waals surface area contributed by atoms with E-state index in [-0.39, 0.29) is 19.1 Å². The lowest BCUT2D eigenvalue weighted by atomic mass is 10.2. The maximum absolute atomic E-state index is 12.9. The van der Waals surface area contributed by atoms with E-state index in [0.29, 0.717) is 36.5 Å². The molecule has 1 saturated heterocycles. The summed E-state index contributed by atoms with van der Waals surface area (Å²) in [7, 11) is 1.52. The van der Waals surface area contributed by atoms with Gasteiger partial charge in [0, 0.05) is 25.1 Å². The van der Waals surface area contributed by atoms with Crippen molar-refractivity contribution >= 4 is 27.6 Å². The molecule has 0 spiro atoms. The molecule has 0 saturated carbocycles. The van der Waals surface area contributed by atoms with Gasteiger partial charge in [-0.2, -0.15) is 0 Å². The summed E-state index contributed by atoms with van der Waals surface area (Å²) in [5.41, 5.74) is -0.292. The van der Waals surface area contributed by atoms with E-state index >= 15 is 0 Å². The van der Waals surface area contributed by atoms with Crippen LogP contribution in [0.25, 0.3) is 10.2 Å². The molecule has 2 aromatic rings. The molecule has 1 N–H and O–H groups in total. The molecule has 2 aromatic heterocycles. The van der Waals surface area contributed by atoms with Crippen LogP contribution in [-0.4, -0.2) is 53.5 Å². The minimum Gasteiger partial charge on any atom is -0.383 e. The molecule has 3 heterocycles. The van der Waals surface area contributed by atoms with Crippen molar-refractivity contribution in [3.8, 4) is 0 Å². The van der Waals surface area contributed by atoms with Gasteiger partial charge in [0.1, 0.15) is 11.5 Å². The first kappa shape index (κ1) is 18.6. The topological polar surface area (TPSA) is 85.6 Å². The van der Waals surface area contributed by atoms with E-state index in [2.05, 4.69) is 5.32 Å². The molecule has 0 bridgehead atoms. The van der Waals surface area contributed by atoms with Gasteiger partial charge in [-0.15, -0.1) is 11.3 Å². The number of nitrogens with one attached hydrogen (secondary N) is 1. The van der Waals surface area contributed by atoms with Gasteiger partial charge in [0.25, 0.3) is 5.56 Å². The van der Waals surface area contributed by atoms with Crippen LogP contribution in [0, 0.1) is 6.92 Å². The van der Waals surface area contributed by atoms with Gasteiger partial charge in [-0.25, -0.2) is 14.0 Å². The van der Waals surface area contributed by atoms with Crippen LogP contribution in [0.1, 0.15) is 10.4 Å². The fourth-order valence-corrected chi connectivity index (χ4v) is 4.42. The Morgan fingerprint density at radius 1 is 1.23 bits per heavy atom. The Kier molecular flexibility index (Phi) is 5.42. The van der Waals surface area contributed by atoms with Gasteiger partial charge in [-0.3, -0.25) is 13.9 Å². The van der Waals surface area contributed by atoms with Gasteiger partial charge < -0.3 is 15.0 Å². The van der Waals surface area contributed by atoms with Crippen LogP contribution < -0.4 is 16.6 Å². The van der Waals surface area contributed by atoms with E-state index in [1.54, 1.807) is 11.8 Å². The molecule has 2 amide bonds. The maximum Gasteiger partial charge on any atom is 0.332 e. The van der Waals surface area contributed by atoms with E-state index < -0.39 is 17.9 Å². The zero-order chi connectivity index (χ0) is 18.8. The number of nitrogens with zero attached hydrogens (tertiary/aromatic N) is 3. The second-order valence-corrected chi connectivity index (χ2v) is 7.14. The number of urea groups is 1. The number of ether oxygens (including phenoxy) is 1. The quantitative estimate of drug-likeness (QED) is 0.761. The number of rotatable bonds is 7. The average molecular weight is 384 g/mol. The van der Waals surface area contributed by atoms with E-state index in [0.717, 1.165) is 15.0 Å². The summed E-state index contributed by atoms with van der Waals surface area (Å²) in [5.74, 6) is 0. The standard InChI is InChI=1S/C16H21FN4O4S/c1-10-11(9-19-6-4-18-15(19)23)26-14-12(10)13(22)20(5-3-17)16(24)21(14)7-8-25-2/h3-9H2,1-2H3,(H,18,23). The summed E-state index contributed by atoms with van der Waals surface area (Å²) < 4.78 is 20.3. The summed E-state index contributed by atoms with van der Waals surface area (Å²) in [6.07, 6.45) is 0. The van der Waals surface area contributed by atoms with Crippen LogP contribution in [0.4, 0.5) is 9.18 Å². The van der Waals surface area contributed by atoms with E-state index in [1.807, 2.05) is 0 Å². The SMILES string of the molecule is COCCn1c(=O)n(CCF)c(=O)c2c(C)c(CN3CCNC3=O)sc21.